The number of guanidine groups is 1. The number of amides is 1. The van der Waals surface area contributed by atoms with E-state index in [9.17, 15) is 4.79 Å². The predicted octanol–water partition coefficient (Wildman–Crippen LogP) is 0.646. The van der Waals surface area contributed by atoms with Crippen molar-refractivity contribution >= 4 is 11.9 Å². The summed E-state index contributed by atoms with van der Waals surface area (Å²) in [7, 11) is 1.76. The molecule has 1 amide bonds. The minimum Gasteiger partial charge on any atom is -0.370 e. The highest BCUT2D eigenvalue weighted by Gasteiger charge is 2.23. The van der Waals surface area contributed by atoms with Crippen LogP contribution in [0.3, 0.4) is 0 Å². The Morgan fingerprint density at radius 2 is 2.48 bits per heavy atom. The van der Waals surface area contributed by atoms with Crippen LogP contribution in [0.2, 0.25) is 0 Å². The topological polar surface area (TPSA) is 96.8 Å². The molecule has 1 aromatic heterocycles. The average Bonchev–Trinajstić information content (AvgIpc) is 2.85. The van der Waals surface area contributed by atoms with Crippen LogP contribution in [0.25, 0.3) is 0 Å². The van der Waals surface area contributed by atoms with E-state index >= 15 is 0 Å². The minimum atomic E-state index is -0.234. The minimum absolute atomic E-state index is 0.234. The Morgan fingerprint density at radius 1 is 1.67 bits per heavy atom. The predicted molar refractivity (Wildman–Crippen MR) is 79.5 cm³/mol. The summed E-state index contributed by atoms with van der Waals surface area (Å²) in [5, 5.41) is 7.13. The van der Waals surface area contributed by atoms with Crippen LogP contribution >= 0.6 is 0 Å². The van der Waals surface area contributed by atoms with Crippen molar-refractivity contribution in [3.05, 3.63) is 17.5 Å². The first-order valence-electron chi connectivity index (χ1n) is 7.24. The van der Waals surface area contributed by atoms with Crippen LogP contribution in [0.5, 0.6) is 0 Å². The number of nitrogens with two attached hydrogens (primary N) is 1. The maximum absolute atomic E-state index is 11.1. The summed E-state index contributed by atoms with van der Waals surface area (Å²) in [6.45, 7) is 4.17. The Labute approximate surface area is 124 Å². The lowest BCUT2D eigenvalue weighted by molar-refractivity contribution is -0.119. The highest BCUT2D eigenvalue weighted by molar-refractivity contribution is 5.80. The SMILES string of the molecule is CN=C(NCc1cc(C)no1)N1CCCC(CC(N)=O)C1. The molecule has 1 aromatic rings. The molecule has 0 saturated carbocycles. The number of nitrogens with zero attached hydrogens (tertiary/aromatic N) is 3. The lowest BCUT2D eigenvalue weighted by Gasteiger charge is -2.34. The molecule has 2 rings (SSSR count). The van der Waals surface area contributed by atoms with Gasteiger partial charge in [-0.1, -0.05) is 5.16 Å². The van der Waals surface area contributed by atoms with Crippen LogP contribution in [0.4, 0.5) is 0 Å². The van der Waals surface area contributed by atoms with Crippen molar-refractivity contribution in [2.45, 2.75) is 32.7 Å². The normalized spacial score (nSPS) is 19.6. The van der Waals surface area contributed by atoms with Gasteiger partial charge in [-0.05, 0) is 25.7 Å². The molecule has 0 radical (unpaired) electrons. The molecule has 1 fully saturated rings. The number of aliphatic imine (C=N–C) groups is 1. The van der Waals surface area contributed by atoms with E-state index in [1.165, 1.54) is 0 Å². The van der Waals surface area contributed by atoms with Crippen molar-refractivity contribution in [3.63, 3.8) is 0 Å². The van der Waals surface area contributed by atoms with Gasteiger partial charge in [0, 0.05) is 32.6 Å². The number of aromatic nitrogens is 1. The number of rotatable bonds is 4. The number of hydrogen-bond acceptors (Lipinski definition) is 4. The first kappa shape index (κ1) is 15.3. The summed E-state index contributed by atoms with van der Waals surface area (Å²) in [5.74, 6) is 1.67. The molecule has 0 aromatic carbocycles. The summed E-state index contributed by atoms with van der Waals surface area (Å²) in [6, 6.07) is 1.90. The molecular weight excluding hydrogens is 270 g/mol. The molecule has 1 atom stereocenters. The van der Waals surface area contributed by atoms with Crippen LogP contribution in [-0.2, 0) is 11.3 Å². The van der Waals surface area contributed by atoms with E-state index in [0.717, 1.165) is 43.3 Å². The third kappa shape index (κ3) is 4.47. The van der Waals surface area contributed by atoms with Gasteiger partial charge in [0.15, 0.2) is 11.7 Å². The Morgan fingerprint density at radius 3 is 3.10 bits per heavy atom. The van der Waals surface area contributed by atoms with Gasteiger partial charge in [-0.3, -0.25) is 9.79 Å². The zero-order valence-electron chi connectivity index (χ0n) is 12.6. The Balaban J connectivity index is 1.89. The van der Waals surface area contributed by atoms with E-state index in [1.54, 1.807) is 7.05 Å². The highest BCUT2D eigenvalue weighted by atomic mass is 16.5. The van der Waals surface area contributed by atoms with E-state index in [-0.39, 0.29) is 5.91 Å². The van der Waals surface area contributed by atoms with E-state index in [4.69, 9.17) is 10.3 Å². The molecule has 1 aliphatic rings. The van der Waals surface area contributed by atoms with Gasteiger partial charge in [-0.15, -0.1) is 0 Å². The van der Waals surface area contributed by atoms with Crippen LogP contribution < -0.4 is 11.1 Å². The second kappa shape index (κ2) is 7.10. The molecule has 3 N–H and O–H groups in total. The van der Waals surface area contributed by atoms with Crippen LogP contribution in [0.1, 0.15) is 30.7 Å². The lowest BCUT2D eigenvalue weighted by atomic mass is 9.95. The standard InChI is InChI=1S/C14H23N5O2/c1-10-6-12(21-18-10)8-17-14(16-2)19-5-3-4-11(9-19)7-13(15)20/h6,11H,3-5,7-9H2,1-2H3,(H2,15,20)(H,16,17). The molecule has 116 valence electrons. The van der Waals surface area contributed by atoms with Gasteiger partial charge in [-0.2, -0.15) is 0 Å². The molecule has 7 heteroatoms. The van der Waals surface area contributed by atoms with Gasteiger partial charge in [0.2, 0.25) is 5.91 Å². The van der Waals surface area contributed by atoms with Gasteiger partial charge < -0.3 is 20.5 Å². The molecular formula is C14H23N5O2. The number of carbonyl (C=O) groups is 1. The summed E-state index contributed by atoms with van der Waals surface area (Å²) >= 11 is 0. The molecule has 0 spiro atoms. The number of piperidine rings is 1. The fourth-order valence-electron chi connectivity index (χ4n) is 2.71. The first-order chi connectivity index (χ1) is 10.1. The van der Waals surface area contributed by atoms with Crippen molar-refractivity contribution in [1.82, 2.24) is 15.4 Å². The van der Waals surface area contributed by atoms with Crippen LogP contribution in [0.15, 0.2) is 15.6 Å². The highest BCUT2D eigenvalue weighted by Crippen LogP contribution is 2.19. The van der Waals surface area contributed by atoms with Crippen molar-refractivity contribution in [2.24, 2.45) is 16.6 Å². The third-order valence-electron chi connectivity index (χ3n) is 3.62. The van der Waals surface area contributed by atoms with E-state index in [2.05, 4.69) is 20.4 Å². The van der Waals surface area contributed by atoms with E-state index < -0.39 is 0 Å². The molecule has 1 aliphatic heterocycles. The van der Waals surface area contributed by atoms with Crippen LogP contribution in [-0.4, -0.2) is 42.1 Å². The molecule has 2 heterocycles. The Hall–Kier alpha value is -2.05. The van der Waals surface area contributed by atoms with Gasteiger partial charge in [0.05, 0.1) is 12.2 Å². The number of hydrogen-bond donors (Lipinski definition) is 2. The van der Waals surface area contributed by atoms with Crippen molar-refractivity contribution in [3.8, 4) is 0 Å². The van der Waals surface area contributed by atoms with Crippen molar-refractivity contribution in [2.75, 3.05) is 20.1 Å². The van der Waals surface area contributed by atoms with E-state index in [0.29, 0.717) is 18.9 Å². The Kier molecular flexibility index (Phi) is 5.19. The first-order valence-corrected chi connectivity index (χ1v) is 7.24. The molecule has 1 unspecified atom stereocenters. The zero-order valence-corrected chi connectivity index (χ0v) is 12.6. The molecule has 0 bridgehead atoms. The second-order valence-electron chi connectivity index (χ2n) is 5.46. The smallest absolute Gasteiger partial charge is 0.217 e. The van der Waals surface area contributed by atoms with E-state index in [1.807, 2.05) is 13.0 Å². The number of aryl methyl sites for hydroxylation is 1. The number of nitrogens with one attached hydrogen (secondary N) is 1. The summed E-state index contributed by atoms with van der Waals surface area (Å²) < 4.78 is 5.17. The quantitative estimate of drug-likeness (QED) is 0.627. The summed E-state index contributed by atoms with van der Waals surface area (Å²) in [6.07, 6.45) is 2.52. The number of primary amides is 1. The van der Waals surface area contributed by atoms with Crippen molar-refractivity contribution in [1.29, 1.82) is 0 Å². The number of carbonyl (C=O) groups excluding carboxylic acids is 1. The third-order valence-corrected chi connectivity index (χ3v) is 3.62. The second-order valence-corrected chi connectivity index (χ2v) is 5.46. The summed E-state index contributed by atoms with van der Waals surface area (Å²) in [4.78, 5) is 17.5. The average molecular weight is 293 g/mol. The monoisotopic (exact) mass is 293 g/mol. The maximum Gasteiger partial charge on any atom is 0.217 e. The molecule has 1 saturated heterocycles. The van der Waals surface area contributed by atoms with Crippen molar-refractivity contribution < 1.29 is 9.32 Å². The maximum atomic E-state index is 11.1. The zero-order chi connectivity index (χ0) is 15.2. The van der Waals surface area contributed by atoms with Gasteiger partial charge in [-0.25, -0.2) is 0 Å². The Bertz CT molecular complexity index is 511. The fourth-order valence-corrected chi connectivity index (χ4v) is 2.71. The van der Waals surface area contributed by atoms with Gasteiger partial charge >= 0.3 is 0 Å². The van der Waals surface area contributed by atoms with Gasteiger partial charge in [0.25, 0.3) is 0 Å². The largest absolute Gasteiger partial charge is 0.370 e. The fraction of sp³-hybridized carbons (Fsp3) is 0.643. The number of likely N-dealkylation sites (tertiary alicyclic amines) is 1. The van der Waals surface area contributed by atoms with Crippen LogP contribution in [0, 0.1) is 12.8 Å². The molecule has 21 heavy (non-hydrogen) atoms. The molecule has 0 aliphatic carbocycles. The lowest BCUT2D eigenvalue weighted by Crippen LogP contribution is -2.46. The summed E-state index contributed by atoms with van der Waals surface area (Å²) in [5.41, 5.74) is 6.15. The van der Waals surface area contributed by atoms with Gasteiger partial charge in [0.1, 0.15) is 0 Å². The molecule has 7 nitrogen and oxygen atoms in total.